The van der Waals surface area contributed by atoms with Gasteiger partial charge in [-0.25, -0.2) is 4.98 Å². The molecule has 7 heteroatoms. The Morgan fingerprint density at radius 3 is 2.83 bits per heavy atom. The number of carbonyl (C=O) groups excluding carboxylic acids is 1. The number of nitrogens with zero attached hydrogens (tertiary/aromatic N) is 3. The van der Waals surface area contributed by atoms with E-state index in [9.17, 15) is 4.79 Å². The van der Waals surface area contributed by atoms with Crippen molar-refractivity contribution in [3.63, 3.8) is 0 Å². The van der Waals surface area contributed by atoms with Crippen molar-refractivity contribution in [2.24, 2.45) is 0 Å². The number of hydrogen-bond donors (Lipinski definition) is 0. The fourth-order valence-corrected chi connectivity index (χ4v) is 2.59. The molecular formula is C11H5Cl2N3OS. The average Bonchev–Trinajstić information content (AvgIpc) is 2.92. The SMILES string of the molecule is O=Cc1c(-c2ccc(Cl)c(Cl)c2)nc2scnn12. The highest BCUT2D eigenvalue weighted by atomic mass is 35.5. The van der Waals surface area contributed by atoms with Crippen LogP contribution in [0, 0.1) is 0 Å². The van der Waals surface area contributed by atoms with E-state index in [2.05, 4.69) is 10.1 Å². The van der Waals surface area contributed by atoms with Gasteiger partial charge in [0.2, 0.25) is 4.96 Å². The van der Waals surface area contributed by atoms with Gasteiger partial charge in [-0.2, -0.15) is 9.61 Å². The number of carbonyl (C=O) groups is 1. The number of benzene rings is 1. The van der Waals surface area contributed by atoms with Crippen LogP contribution < -0.4 is 0 Å². The van der Waals surface area contributed by atoms with Gasteiger partial charge in [-0.1, -0.05) is 40.6 Å². The van der Waals surface area contributed by atoms with Crippen molar-refractivity contribution in [2.75, 3.05) is 0 Å². The van der Waals surface area contributed by atoms with Gasteiger partial charge >= 0.3 is 0 Å². The minimum Gasteiger partial charge on any atom is -0.296 e. The predicted octanol–water partition coefficient (Wildman–Crippen LogP) is 3.58. The topological polar surface area (TPSA) is 47.3 Å². The van der Waals surface area contributed by atoms with Crippen molar-refractivity contribution < 1.29 is 4.79 Å². The maximum atomic E-state index is 11.2. The molecule has 0 aliphatic carbocycles. The second-order valence-electron chi connectivity index (χ2n) is 3.53. The minimum atomic E-state index is 0.407. The van der Waals surface area contributed by atoms with E-state index >= 15 is 0 Å². The Bertz CT molecular complexity index is 750. The zero-order valence-corrected chi connectivity index (χ0v) is 11.1. The molecule has 4 nitrogen and oxygen atoms in total. The standard InChI is InChI=1S/C11H5Cl2N3OS/c12-7-2-1-6(3-8(7)13)10-9(4-17)16-11(15-10)18-5-14-16/h1-5H. The van der Waals surface area contributed by atoms with Crippen LogP contribution in [0.3, 0.4) is 0 Å². The molecule has 0 aliphatic heterocycles. The summed E-state index contributed by atoms with van der Waals surface area (Å²) in [5.41, 5.74) is 3.34. The van der Waals surface area contributed by atoms with Gasteiger partial charge in [0, 0.05) is 5.56 Å². The number of rotatable bonds is 2. The highest BCUT2D eigenvalue weighted by Gasteiger charge is 2.15. The Hall–Kier alpha value is -1.43. The molecule has 18 heavy (non-hydrogen) atoms. The molecule has 3 rings (SSSR count). The zero-order chi connectivity index (χ0) is 12.7. The summed E-state index contributed by atoms with van der Waals surface area (Å²) in [7, 11) is 0. The van der Waals surface area contributed by atoms with Gasteiger partial charge in [0.1, 0.15) is 16.9 Å². The van der Waals surface area contributed by atoms with E-state index in [1.54, 1.807) is 23.7 Å². The summed E-state index contributed by atoms with van der Waals surface area (Å²) in [5, 5.41) is 4.95. The Labute approximate surface area is 116 Å². The van der Waals surface area contributed by atoms with Crippen LogP contribution in [0.5, 0.6) is 0 Å². The monoisotopic (exact) mass is 297 g/mol. The van der Waals surface area contributed by atoms with Gasteiger partial charge in [0.15, 0.2) is 6.29 Å². The van der Waals surface area contributed by atoms with Gasteiger partial charge in [-0.05, 0) is 12.1 Å². The van der Waals surface area contributed by atoms with Crippen LogP contribution in [0.1, 0.15) is 10.5 Å². The highest BCUT2D eigenvalue weighted by molar-refractivity contribution is 7.14. The van der Waals surface area contributed by atoms with Crippen LogP contribution in [0.15, 0.2) is 23.7 Å². The molecule has 0 aliphatic rings. The summed E-state index contributed by atoms with van der Waals surface area (Å²) in [6.45, 7) is 0. The van der Waals surface area contributed by atoms with E-state index in [1.165, 1.54) is 15.9 Å². The molecule has 90 valence electrons. The third-order valence-electron chi connectivity index (χ3n) is 2.48. The van der Waals surface area contributed by atoms with E-state index in [4.69, 9.17) is 23.2 Å². The van der Waals surface area contributed by atoms with Crippen molar-refractivity contribution in [1.82, 2.24) is 14.6 Å². The molecule has 0 unspecified atom stereocenters. The van der Waals surface area contributed by atoms with Crippen LogP contribution in [0.4, 0.5) is 0 Å². The van der Waals surface area contributed by atoms with E-state index in [0.29, 0.717) is 26.4 Å². The second kappa shape index (κ2) is 4.35. The number of hydrogen-bond acceptors (Lipinski definition) is 4. The van der Waals surface area contributed by atoms with Crippen molar-refractivity contribution in [3.05, 3.63) is 39.4 Å². The molecule has 0 spiro atoms. The molecule has 0 N–H and O–H groups in total. The molecule has 0 fully saturated rings. The van der Waals surface area contributed by atoms with Gasteiger partial charge in [-0.3, -0.25) is 4.79 Å². The molecule has 0 saturated heterocycles. The maximum Gasteiger partial charge on any atom is 0.213 e. The fourth-order valence-electron chi connectivity index (χ4n) is 1.67. The maximum absolute atomic E-state index is 11.2. The van der Waals surface area contributed by atoms with Crippen LogP contribution in [-0.4, -0.2) is 20.9 Å². The summed E-state index contributed by atoms with van der Waals surface area (Å²) in [6, 6.07) is 5.13. The van der Waals surface area contributed by atoms with E-state index in [0.717, 1.165) is 11.8 Å². The third kappa shape index (κ3) is 1.71. The first-order chi connectivity index (χ1) is 8.70. The minimum absolute atomic E-state index is 0.407. The number of aromatic nitrogens is 3. The van der Waals surface area contributed by atoms with Gasteiger partial charge in [-0.15, -0.1) is 0 Å². The van der Waals surface area contributed by atoms with Crippen molar-refractivity contribution >= 4 is 45.8 Å². The summed E-state index contributed by atoms with van der Waals surface area (Å²) in [6.07, 6.45) is 0.734. The molecule has 0 amide bonds. The van der Waals surface area contributed by atoms with Gasteiger partial charge in [0.25, 0.3) is 0 Å². The number of aldehydes is 1. The number of halogens is 2. The number of fused-ring (bicyclic) bond motifs is 1. The average molecular weight is 298 g/mol. The first kappa shape index (κ1) is 11.6. The predicted molar refractivity (Wildman–Crippen MR) is 71.7 cm³/mol. The van der Waals surface area contributed by atoms with Crippen molar-refractivity contribution in [2.45, 2.75) is 0 Å². The molecule has 0 saturated carbocycles. The molecule has 2 heterocycles. The first-order valence-electron chi connectivity index (χ1n) is 4.93. The molecule has 0 bridgehead atoms. The lowest BCUT2D eigenvalue weighted by atomic mass is 10.1. The summed E-state index contributed by atoms with van der Waals surface area (Å²) < 4.78 is 1.51. The van der Waals surface area contributed by atoms with Crippen LogP contribution in [0.25, 0.3) is 16.2 Å². The van der Waals surface area contributed by atoms with Crippen LogP contribution in [-0.2, 0) is 0 Å². The Morgan fingerprint density at radius 1 is 1.28 bits per heavy atom. The molecule has 0 atom stereocenters. The first-order valence-corrected chi connectivity index (χ1v) is 6.57. The molecule has 3 aromatic rings. The smallest absolute Gasteiger partial charge is 0.213 e. The summed E-state index contributed by atoms with van der Waals surface area (Å²) in [4.78, 5) is 16.2. The number of imidazole rings is 1. The lowest BCUT2D eigenvalue weighted by Gasteiger charge is -2.00. The lowest BCUT2D eigenvalue weighted by Crippen LogP contribution is -1.92. The summed E-state index contributed by atoms with van der Waals surface area (Å²) >= 11 is 13.2. The normalized spacial score (nSPS) is 11.0. The van der Waals surface area contributed by atoms with E-state index in [1.807, 2.05) is 0 Å². The quantitative estimate of drug-likeness (QED) is 0.679. The largest absolute Gasteiger partial charge is 0.296 e. The highest BCUT2D eigenvalue weighted by Crippen LogP contribution is 2.30. The zero-order valence-electron chi connectivity index (χ0n) is 8.80. The lowest BCUT2D eigenvalue weighted by molar-refractivity contribution is 0.111. The Morgan fingerprint density at radius 2 is 2.11 bits per heavy atom. The molecular weight excluding hydrogens is 293 g/mol. The van der Waals surface area contributed by atoms with E-state index in [-0.39, 0.29) is 0 Å². The third-order valence-corrected chi connectivity index (χ3v) is 3.90. The van der Waals surface area contributed by atoms with Crippen molar-refractivity contribution in [3.8, 4) is 11.3 Å². The Balaban J connectivity index is 2.26. The van der Waals surface area contributed by atoms with Gasteiger partial charge < -0.3 is 0 Å². The van der Waals surface area contributed by atoms with Crippen LogP contribution >= 0.6 is 34.5 Å². The second-order valence-corrected chi connectivity index (χ2v) is 5.15. The van der Waals surface area contributed by atoms with Crippen LogP contribution in [0.2, 0.25) is 10.0 Å². The molecule has 0 radical (unpaired) electrons. The van der Waals surface area contributed by atoms with Gasteiger partial charge in [0.05, 0.1) is 10.0 Å². The van der Waals surface area contributed by atoms with Crippen molar-refractivity contribution in [1.29, 1.82) is 0 Å². The summed E-state index contributed by atoms with van der Waals surface area (Å²) in [5.74, 6) is 0. The Kier molecular flexibility index (Phi) is 2.81. The molecule has 1 aromatic carbocycles. The fraction of sp³-hybridized carbons (Fsp3) is 0. The molecule has 2 aromatic heterocycles. The van der Waals surface area contributed by atoms with E-state index < -0.39 is 0 Å².